The van der Waals surface area contributed by atoms with Gasteiger partial charge < -0.3 is 15.2 Å². The fourth-order valence-electron chi connectivity index (χ4n) is 3.20. The molecular weight excluding hydrogens is 366 g/mol. The number of aromatic nitrogens is 4. The average Bonchev–Trinajstić information content (AvgIpc) is 3.08. The quantitative estimate of drug-likeness (QED) is 0.558. The summed E-state index contributed by atoms with van der Waals surface area (Å²) in [4.78, 5) is 8.93. The van der Waals surface area contributed by atoms with Gasteiger partial charge in [-0.05, 0) is 30.3 Å². The predicted molar refractivity (Wildman–Crippen MR) is 111 cm³/mol. The second-order valence-electron chi connectivity index (χ2n) is 6.45. The molecule has 5 rings (SSSR count). The van der Waals surface area contributed by atoms with Gasteiger partial charge in [0, 0.05) is 11.1 Å². The molecule has 0 spiro atoms. The molecule has 0 radical (unpaired) electrons. The number of nitrogen functional groups attached to an aromatic ring is 1. The van der Waals surface area contributed by atoms with Crippen molar-refractivity contribution >= 4 is 16.9 Å². The molecular formula is C22H17N5O2. The summed E-state index contributed by atoms with van der Waals surface area (Å²) in [6.45, 7) is 0. The first kappa shape index (κ1) is 17.0. The van der Waals surface area contributed by atoms with E-state index < -0.39 is 0 Å². The molecule has 0 fully saturated rings. The highest BCUT2D eigenvalue weighted by molar-refractivity contribution is 5.89. The summed E-state index contributed by atoms with van der Waals surface area (Å²) < 4.78 is 13.2. The van der Waals surface area contributed by atoms with Crippen molar-refractivity contribution in [3.8, 4) is 28.5 Å². The second-order valence-corrected chi connectivity index (χ2v) is 6.45. The van der Waals surface area contributed by atoms with Gasteiger partial charge in [-0.1, -0.05) is 36.4 Å². The van der Waals surface area contributed by atoms with Crippen LogP contribution in [0.1, 0.15) is 5.82 Å². The molecule has 7 nitrogen and oxygen atoms in total. The van der Waals surface area contributed by atoms with Crippen LogP contribution < -0.4 is 15.2 Å². The third-order valence-corrected chi connectivity index (χ3v) is 4.68. The summed E-state index contributed by atoms with van der Waals surface area (Å²) >= 11 is 0. The number of ether oxygens (including phenoxy) is 2. The summed E-state index contributed by atoms with van der Waals surface area (Å²) in [5, 5.41) is 4.34. The van der Waals surface area contributed by atoms with Crippen LogP contribution in [0, 0.1) is 0 Å². The molecule has 0 saturated heterocycles. The van der Waals surface area contributed by atoms with Gasteiger partial charge in [0.15, 0.2) is 23.1 Å². The summed E-state index contributed by atoms with van der Waals surface area (Å²) in [6, 6.07) is 15.2. The van der Waals surface area contributed by atoms with Gasteiger partial charge in [0.2, 0.25) is 0 Å². The molecule has 0 atom stereocenters. The molecule has 7 heteroatoms. The second kappa shape index (κ2) is 6.79. The Morgan fingerprint density at radius 3 is 2.59 bits per heavy atom. The first-order valence-corrected chi connectivity index (χ1v) is 9.04. The van der Waals surface area contributed by atoms with E-state index in [-0.39, 0.29) is 0 Å². The molecule has 142 valence electrons. The van der Waals surface area contributed by atoms with Crippen LogP contribution in [-0.2, 0) is 0 Å². The van der Waals surface area contributed by atoms with E-state index in [1.54, 1.807) is 11.6 Å². The lowest BCUT2D eigenvalue weighted by molar-refractivity contribution is 0.379. The SMILES string of the molecule is COc1cc(-c2nc(C3=CC=C3)n3ncnc(N)c23)ccc1Oc1ccccc1. The zero-order chi connectivity index (χ0) is 19.8. The van der Waals surface area contributed by atoms with Crippen LogP contribution in [0.3, 0.4) is 0 Å². The Balaban J connectivity index is 1.62. The summed E-state index contributed by atoms with van der Waals surface area (Å²) in [7, 11) is 1.61. The number of para-hydroxylation sites is 1. The Morgan fingerprint density at radius 2 is 1.86 bits per heavy atom. The molecule has 1 aliphatic carbocycles. The average molecular weight is 383 g/mol. The molecule has 2 N–H and O–H groups in total. The smallest absolute Gasteiger partial charge is 0.169 e. The molecule has 0 saturated carbocycles. The van der Waals surface area contributed by atoms with Crippen LogP contribution in [0.2, 0.25) is 0 Å². The van der Waals surface area contributed by atoms with Crippen molar-refractivity contribution in [2.45, 2.75) is 0 Å². The van der Waals surface area contributed by atoms with Crippen molar-refractivity contribution < 1.29 is 9.47 Å². The lowest BCUT2D eigenvalue weighted by Gasteiger charge is -2.11. The number of nitrogens with two attached hydrogens (primary N) is 1. The van der Waals surface area contributed by atoms with Crippen LogP contribution in [0.25, 0.3) is 22.3 Å². The minimum atomic E-state index is 0.362. The predicted octanol–water partition coefficient (Wildman–Crippen LogP) is 4.13. The van der Waals surface area contributed by atoms with Gasteiger partial charge >= 0.3 is 0 Å². The maximum Gasteiger partial charge on any atom is 0.169 e. The maximum absolute atomic E-state index is 6.16. The lowest BCUT2D eigenvalue weighted by Crippen LogP contribution is -2.02. The van der Waals surface area contributed by atoms with Gasteiger partial charge in [0.05, 0.1) is 7.11 Å². The first-order valence-electron chi connectivity index (χ1n) is 9.04. The van der Waals surface area contributed by atoms with Crippen LogP contribution in [-0.4, -0.2) is 26.7 Å². The number of hydrogen-bond donors (Lipinski definition) is 1. The van der Waals surface area contributed by atoms with Gasteiger partial charge in [-0.3, -0.25) is 0 Å². The molecule has 0 unspecified atom stereocenters. The summed E-state index contributed by atoms with van der Waals surface area (Å²) in [5.74, 6) is 3.01. The Bertz CT molecular complexity index is 1280. The Morgan fingerprint density at radius 1 is 1.03 bits per heavy atom. The molecule has 0 amide bonds. The highest BCUT2D eigenvalue weighted by atomic mass is 16.5. The minimum absolute atomic E-state index is 0.362. The molecule has 4 aromatic rings. The summed E-state index contributed by atoms with van der Waals surface area (Å²) in [5.41, 5.74) is 9.32. The highest BCUT2D eigenvalue weighted by Gasteiger charge is 2.21. The molecule has 0 bridgehead atoms. The fraction of sp³-hybridized carbons (Fsp3) is 0.0455. The topological polar surface area (TPSA) is 87.6 Å². The molecule has 2 aromatic heterocycles. The Hall–Kier alpha value is -4.13. The monoisotopic (exact) mass is 383 g/mol. The van der Waals surface area contributed by atoms with Gasteiger partial charge in [-0.15, -0.1) is 0 Å². The molecule has 2 heterocycles. The number of imidazole rings is 1. The highest BCUT2D eigenvalue weighted by Crippen LogP contribution is 2.38. The first-order chi connectivity index (χ1) is 14.2. The van der Waals surface area contributed by atoms with Gasteiger partial charge in [0.25, 0.3) is 0 Å². The van der Waals surface area contributed by atoms with E-state index >= 15 is 0 Å². The zero-order valence-corrected chi connectivity index (χ0v) is 15.6. The van der Waals surface area contributed by atoms with Crippen molar-refractivity contribution in [3.05, 3.63) is 78.9 Å². The van der Waals surface area contributed by atoms with E-state index in [0.717, 1.165) is 22.7 Å². The van der Waals surface area contributed by atoms with Gasteiger partial charge in [-0.2, -0.15) is 5.10 Å². The van der Waals surface area contributed by atoms with Crippen molar-refractivity contribution in [2.24, 2.45) is 0 Å². The number of hydrogen-bond acceptors (Lipinski definition) is 6. The van der Waals surface area contributed by atoms with Crippen LogP contribution in [0.4, 0.5) is 5.82 Å². The number of anilines is 1. The lowest BCUT2D eigenvalue weighted by atomic mass is 10.1. The Labute approximate surface area is 166 Å². The molecule has 0 aliphatic heterocycles. The zero-order valence-electron chi connectivity index (χ0n) is 15.6. The third-order valence-electron chi connectivity index (χ3n) is 4.68. The standard InChI is InChI=1S/C22H17N5O2/c1-28-18-12-15(10-11-17(18)29-16-8-3-2-4-9-16)19-20-21(23)24-13-25-27(20)22(26-19)14-6-5-7-14/h2-13H,1H3,(H2,23,24,25). The van der Waals surface area contributed by atoms with E-state index in [2.05, 4.69) is 10.1 Å². The van der Waals surface area contributed by atoms with Crippen molar-refractivity contribution in [1.82, 2.24) is 19.6 Å². The normalized spacial score (nSPS) is 12.5. The van der Waals surface area contributed by atoms with Crippen LogP contribution in [0.15, 0.2) is 73.1 Å². The van der Waals surface area contributed by atoms with Crippen molar-refractivity contribution in [3.63, 3.8) is 0 Å². The number of nitrogens with zero attached hydrogens (tertiary/aromatic N) is 4. The maximum atomic E-state index is 6.16. The van der Waals surface area contributed by atoms with E-state index in [9.17, 15) is 0 Å². The Kier molecular flexibility index (Phi) is 3.98. The van der Waals surface area contributed by atoms with E-state index in [4.69, 9.17) is 20.2 Å². The molecule has 1 aliphatic rings. The largest absolute Gasteiger partial charge is 0.493 e. The van der Waals surface area contributed by atoms with Crippen LogP contribution >= 0.6 is 0 Å². The van der Waals surface area contributed by atoms with Crippen molar-refractivity contribution in [2.75, 3.05) is 12.8 Å². The fourth-order valence-corrected chi connectivity index (χ4v) is 3.20. The number of fused-ring (bicyclic) bond motifs is 1. The van der Waals surface area contributed by atoms with E-state index in [1.165, 1.54) is 6.33 Å². The number of benzene rings is 2. The number of methoxy groups -OCH3 is 1. The summed E-state index contributed by atoms with van der Waals surface area (Å²) in [6.07, 6.45) is 7.35. The minimum Gasteiger partial charge on any atom is -0.493 e. The van der Waals surface area contributed by atoms with E-state index in [1.807, 2.05) is 66.8 Å². The van der Waals surface area contributed by atoms with Crippen molar-refractivity contribution in [1.29, 1.82) is 0 Å². The number of allylic oxidation sites excluding steroid dienone is 4. The van der Waals surface area contributed by atoms with Gasteiger partial charge in [-0.25, -0.2) is 14.5 Å². The van der Waals surface area contributed by atoms with E-state index in [0.29, 0.717) is 28.5 Å². The molecule has 2 aromatic carbocycles. The third kappa shape index (κ3) is 2.89. The van der Waals surface area contributed by atoms with Crippen LogP contribution in [0.5, 0.6) is 17.2 Å². The molecule has 29 heavy (non-hydrogen) atoms. The van der Waals surface area contributed by atoms with Gasteiger partial charge in [0.1, 0.15) is 23.3 Å². The number of rotatable bonds is 5.